The molecule has 12 heteroatoms. The van der Waals surface area contributed by atoms with E-state index in [1.165, 1.54) is 38.8 Å². The number of fused-ring (bicyclic) bond motifs is 2. The second-order valence-corrected chi connectivity index (χ2v) is 14.0. The molecule has 0 aromatic heterocycles. The van der Waals surface area contributed by atoms with Gasteiger partial charge in [0.2, 0.25) is 6.08 Å². The number of aryl methyl sites for hydroxylation is 4. The van der Waals surface area contributed by atoms with E-state index in [4.69, 9.17) is 17.3 Å². The van der Waals surface area contributed by atoms with Gasteiger partial charge < -0.3 is 5.73 Å². The van der Waals surface area contributed by atoms with Crippen LogP contribution in [0.2, 0.25) is 0 Å². The summed E-state index contributed by atoms with van der Waals surface area (Å²) in [7, 11) is 0. The number of halogens is 1. The number of isocyanates is 1. The highest BCUT2D eigenvalue weighted by molar-refractivity contribution is 6.22. The Kier molecular flexibility index (Phi) is 20.4. The topological polar surface area (TPSA) is 191 Å². The quantitative estimate of drug-likeness (QED) is 0.0322. The maximum Gasteiger partial charge on any atom is 0.261 e. The summed E-state index contributed by atoms with van der Waals surface area (Å²) < 4.78 is 0. The first-order valence-corrected chi connectivity index (χ1v) is 19.7. The van der Waals surface area contributed by atoms with E-state index in [9.17, 15) is 24.0 Å². The lowest BCUT2D eigenvalue weighted by Gasteiger charge is -2.13. The maximum atomic E-state index is 12.2. The molecule has 0 saturated heterocycles. The molecular weight excluding hydrogens is 788 g/mol. The number of hydrazine groups is 1. The van der Waals surface area contributed by atoms with Gasteiger partial charge >= 0.3 is 0 Å². The average molecular weight is 839 g/mol. The number of carbonyl (C=O) groups is 4. The van der Waals surface area contributed by atoms with Crippen molar-refractivity contribution in [3.8, 4) is 0 Å². The van der Waals surface area contributed by atoms with Crippen LogP contribution < -0.4 is 22.7 Å². The maximum absolute atomic E-state index is 12.2. The highest BCUT2D eigenvalue weighted by Crippen LogP contribution is 2.24. The lowest BCUT2D eigenvalue weighted by Crippen LogP contribution is -2.29. The molecule has 0 radical (unpaired) electrons. The van der Waals surface area contributed by atoms with Crippen molar-refractivity contribution < 1.29 is 24.0 Å². The summed E-state index contributed by atoms with van der Waals surface area (Å²) >= 11 is 5.58. The largest absolute Gasteiger partial charge is 0.326 e. The fourth-order valence-corrected chi connectivity index (χ4v) is 5.77. The predicted molar refractivity (Wildman–Crippen MR) is 241 cm³/mol. The van der Waals surface area contributed by atoms with E-state index < -0.39 is 0 Å². The van der Waals surface area contributed by atoms with E-state index in [0.717, 1.165) is 16.7 Å². The summed E-state index contributed by atoms with van der Waals surface area (Å²) in [5, 5.41) is 2.20. The van der Waals surface area contributed by atoms with Crippen molar-refractivity contribution in [3.63, 3.8) is 0 Å². The molecule has 0 unspecified atom stereocenters. The number of aliphatic imine (C=N–C) groups is 1. The molecule has 8 rings (SSSR count). The highest BCUT2D eigenvalue weighted by atomic mass is 35.5. The van der Waals surface area contributed by atoms with Gasteiger partial charge in [-0.1, -0.05) is 144 Å². The number of alkyl halides is 1. The van der Waals surface area contributed by atoms with E-state index in [0.29, 0.717) is 47.8 Å². The van der Waals surface area contributed by atoms with Crippen LogP contribution in [0.5, 0.6) is 0 Å². The lowest BCUT2D eigenvalue weighted by molar-refractivity contribution is 0.0641. The van der Waals surface area contributed by atoms with E-state index in [-0.39, 0.29) is 23.6 Å². The number of hydrogen-bond donors (Lipinski definition) is 4. The highest BCUT2D eigenvalue weighted by Gasteiger charge is 2.34. The zero-order valence-corrected chi connectivity index (χ0v) is 35.5. The van der Waals surface area contributed by atoms with Gasteiger partial charge in [0, 0.05) is 12.4 Å². The first-order valence-electron chi connectivity index (χ1n) is 19.2. The number of nitrogens with zero attached hydrogens (tertiary/aromatic N) is 2. The number of carbonyl (C=O) groups excluding carboxylic acids is 5. The average Bonchev–Trinajstić information content (AvgIpc) is 3.72. The minimum absolute atomic E-state index is 0.207. The first kappa shape index (κ1) is 48.5. The summed E-state index contributed by atoms with van der Waals surface area (Å²) in [4.78, 5) is 60.8. The third-order valence-corrected chi connectivity index (χ3v) is 9.37. The second-order valence-electron chi connectivity index (χ2n) is 13.8. The molecule has 4 amide bonds. The van der Waals surface area contributed by atoms with Crippen molar-refractivity contribution in [2.75, 3.05) is 0 Å². The smallest absolute Gasteiger partial charge is 0.261 e. The minimum Gasteiger partial charge on any atom is -0.326 e. The molecule has 0 fully saturated rings. The van der Waals surface area contributed by atoms with Gasteiger partial charge in [0.05, 0.1) is 35.3 Å². The molecule has 2 heterocycles. The number of hydrogen-bond acceptors (Lipinski definition) is 9. The molecule has 6 aromatic rings. The summed E-state index contributed by atoms with van der Waals surface area (Å²) in [6, 6.07) is 45.9. The molecule has 7 N–H and O–H groups in total. The molecule has 0 atom stereocenters. The van der Waals surface area contributed by atoms with Crippen LogP contribution in [-0.2, 0) is 30.3 Å². The normalized spacial score (nSPS) is 11.4. The van der Waals surface area contributed by atoms with Gasteiger partial charge in [0.25, 0.3) is 23.6 Å². The van der Waals surface area contributed by atoms with Crippen LogP contribution in [0, 0.1) is 27.7 Å². The molecule has 61 heavy (non-hydrogen) atoms. The van der Waals surface area contributed by atoms with Crippen molar-refractivity contribution in [2.24, 2.45) is 22.4 Å². The van der Waals surface area contributed by atoms with Gasteiger partial charge in [0.15, 0.2) is 0 Å². The van der Waals surface area contributed by atoms with Crippen molar-refractivity contribution >= 4 is 41.3 Å². The van der Waals surface area contributed by atoms with E-state index >= 15 is 0 Å². The van der Waals surface area contributed by atoms with Crippen molar-refractivity contribution in [1.29, 1.82) is 0 Å². The molecule has 0 spiro atoms. The molecule has 11 nitrogen and oxygen atoms in total. The van der Waals surface area contributed by atoms with Crippen LogP contribution in [0.4, 0.5) is 0 Å². The van der Waals surface area contributed by atoms with Gasteiger partial charge in [-0.2, -0.15) is 0 Å². The zero-order valence-electron chi connectivity index (χ0n) is 34.7. The van der Waals surface area contributed by atoms with Crippen molar-refractivity contribution in [3.05, 3.63) is 212 Å². The van der Waals surface area contributed by atoms with Crippen molar-refractivity contribution in [2.45, 2.75) is 53.2 Å². The van der Waals surface area contributed by atoms with E-state index in [1.54, 1.807) is 48.5 Å². The minimum atomic E-state index is -0.300. The summed E-state index contributed by atoms with van der Waals surface area (Å²) in [5.74, 6) is 7.60. The Bertz CT molecular complexity index is 2280. The standard InChI is InChI=1S/C16H13NO2.C9H9NO.C8H9Cl.C8H5NO2.C8H11N.H4N2/c1-11-6-8-12(9-7-11)10-17-15(18)13-4-2-3-5-14(13)16(17)19;1-8-2-4-9(5-3-8)6-10-7-11;1-7-2-4-8(6-9)5-3-7;10-7-5-3-1-2-4-6(5)8(11)9-7;1-7-2-4-8(6-9)5-3-7;1-2/h2-9H,10H2,1H3;2-5H,6H2,1H3;2-5H,6H2,1H3;1-4H,(H,9,10,11);2-5H,6,9H2,1H3;1-2H2. The monoisotopic (exact) mass is 838 g/mol. The van der Waals surface area contributed by atoms with Crippen LogP contribution in [0.1, 0.15) is 85.9 Å². The second kappa shape index (κ2) is 25.6. The van der Waals surface area contributed by atoms with Crippen molar-refractivity contribution in [1.82, 2.24) is 10.2 Å². The summed E-state index contributed by atoms with van der Waals surface area (Å²) in [6.45, 7) is 9.56. The molecule has 314 valence electrons. The number of imide groups is 2. The van der Waals surface area contributed by atoms with Crippen LogP contribution >= 0.6 is 11.6 Å². The zero-order chi connectivity index (χ0) is 44.7. The molecule has 2 aliphatic rings. The molecule has 0 aliphatic carbocycles. The number of nitrogens with one attached hydrogen (secondary N) is 1. The SMILES string of the molecule is Cc1ccc(CCl)cc1.Cc1ccc(CN)cc1.Cc1ccc(CN2C(=O)c3ccccc3C2=O)cc1.Cc1ccc(CN=C=O)cc1.NN.O=C1NC(=O)c2ccccc21. The molecular formula is C49H51ClN6O5. The van der Waals surface area contributed by atoms with Crippen LogP contribution in [0.3, 0.4) is 0 Å². The van der Waals surface area contributed by atoms with Crippen LogP contribution in [-0.4, -0.2) is 34.6 Å². The number of benzene rings is 6. The predicted octanol–water partition coefficient (Wildman–Crippen LogP) is 8.20. The Hall–Kier alpha value is -6.85. The number of nitrogens with two attached hydrogens (primary N) is 3. The van der Waals surface area contributed by atoms with Gasteiger partial charge in [-0.3, -0.25) is 41.1 Å². The van der Waals surface area contributed by atoms with Crippen LogP contribution in [0.15, 0.2) is 151 Å². The first-order chi connectivity index (χ1) is 29.4. The van der Waals surface area contributed by atoms with E-state index in [1.807, 2.05) is 74.5 Å². The Balaban J connectivity index is 0.000000208. The summed E-state index contributed by atoms with van der Waals surface area (Å²) in [6.07, 6.45) is 1.51. The van der Waals surface area contributed by atoms with Gasteiger partial charge in [-0.15, -0.1) is 11.6 Å². The van der Waals surface area contributed by atoms with E-state index in [2.05, 4.69) is 72.2 Å². The molecule has 0 saturated carbocycles. The molecule has 0 bridgehead atoms. The molecule has 6 aromatic carbocycles. The third kappa shape index (κ3) is 15.4. The lowest BCUT2D eigenvalue weighted by atomic mass is 10.1. The Morgan fingerprint density at radius 3 is 1.23 bits per heavy atom. The molecule has 2 aliphatic heterocycles. The van der Waals surface area contributed by atoms with Gasteiger partial charge in [-0.25, -0.2) is 9.79 Å². The summed E-state index contributed by atoms with van der Waals surface area (Å²) in [5.41, 5.74) is 16.7. The fraction of sp³-hybridized carbons (Fsp3) is 0.163. The van der Waals surface area contributed by atoms with Gasteiger partial charge in [0.1, 0.15) is 0 Å². The van der Waals surface area contributed by atoms with Crippen LogP contribution in [0.25, 0.3) is 0 Å². The third-order valence-electron chi connectivity index (χ3n) is 9.06. The fourth-order valence-electron chi connectivity index (χ4n) is 5.59. The van der Waals surface area contributed by atoms with Gasteiger partial charge in [-0.05, 0) is 74.2 Å². The Morgan fingerprint density at radius 2 is 0.869 bits per heavy atom. The Morgan fingerprint density at radius 1 is 0.525 bits per heavy atom. The Labute approximate surface area is 362 Å². The number of rotatable bonds is 6. The number of amides is 4.